The molecule has 0 fully saturated rings. The van der Waals surface area contributed by atoms with Crippen molar-refractivity contribution in [1.29, 1.82) is 0 Å². The van der Waals surface area contributed by atoms with Gasteiger partial charge in [-0.05, 0) is 0 Å². The zero-order chi connectivity index (χ0) is 25.6. The van der Waals surface area contributed by atoms with Crippen LogP contribution in [0, 0.1) is 0 Å². The van der Waals surface area contributed by atoms with Crippen LogP contribution < -0.4 is 0 Å². The highest BCUT2D eigenvalue weighted by Crippen LogP contribution is 2.62. The Morgan fingerprint density at radius 1 is 0.567 bits per heavy atom. The van der Waals surface area contributed by atoms with Crippen molar-refractivity contribution in [2.24, 2.45) is 0 Å². The van der Waals surface area contributed by atoms with Crippen molar-refractivity contribution in [3.63, 3.8) is 0 Å². The zero-order valence-corrected chi connectivity index (χ0v) is 14.8. The lowest BCUT2D eigenvalue weighted by molar-refractivity contribution is -0.450. The number of aliphatic carboxylic acids is 1. The summed E-state index contributed by atoms with van der Waals surface area (Å²) in [5.41, 5.74) is 0. The van der Waals surface area contributed by atoms with E-state index in [1.54, 1.807) is 0 Å². The second-order valence-electron chi connectivity index (χ2n) is 4.63. The van der Waals surface area contributed by atoms with E-state index in [0.717, 1.165) is 0 Å². The van der Waals surface area contributed by atoms with Gasteiger partial charge < -0.3 is 5.11 Å². The van der Waals surface area contributed by atoms with E-state index in [1.165, 1.54) is 0 Å². The van der Waals surface area contributed by atoms with Gasteiger partial charge in [-0.3, -0.25) is 0 Å². The number of alkyl halides is 15. The van der Waals surface area contributed by atoms with Gasteiger partial charge >= 0.3 is 55.9 Å². The normalized spacial score (nSPS) is 15.4. The summed E-state index contributed by atoms with van der Waals surface area (Å²) in [7, 11) is 4.81. The molecule has 22 heteroatoms. The van der Waals surface area contributed by atoms with Crippen molar-refractivity contribution in [3.05, 3.63) is 0 Å². The van der Waals surface area contributed by atoms with Gasteiger partial charge in [-0.25, -0.2) is 4.79 Å². The van der Waals surface area contributed by atoms with Crippen LogP contribution >= 0.6 is 21.4 Å². The Bertz CT molecular complexity index is 736. The first kappa shape index (κ1) is 31.1. The van der Waals surface area contributed by atoms with Gasteiger partial charge in [0.05, 0.1) is 0 Å². The van der Waals surface area contributed by atoms with Gasteiger partial charge in [0.2, 0.25) is 0 Å². The Morgan fingerprint density at radius 3 is 0.967 bits per heavy atom. The molecule has 4 nitrogen and oxygen atoms in total. The number of carbonyl (C=O) groups is 1. The molecule has 0 atom stereocenters. The molecular formula is C8HCl2F15O4S. The maximum atomic E-state index is 12.8. The zero-order valence-electron chi connectivity index (χ0n) is 12.5. The van der Waals surface area contributed by atoms with Crippen LogP contribution in [-0.4, -0.2) is 61.2 Å². The third-order valence-electron chi connectivity index (χ3n) is 2.60. The van der Waals surface area contributed by atoms with E-state index < -0.39 is 55.9 Å². The van der Waals surface area contributed by atoms with E-state index in [1.807, 2.05) is 0 Å². The fourth-order valence-corrected chi connectivity index (χ4v) is 1.10. The number of hydrogen-bond donors (Lipinski definition) is 1. The first-order valence-corrected chi connectivity index (χ1v) is 8.79. The summed E-state index contributed by atoms with van der Waals surface area (Å²) in [6.45, 7) is 0. The summed E-state index contributed by atoms with van der Waals surface area (Å²) in [6.07, 6.45) is -7.69. The quantitative estimate of drug-likeness (QED) is 0.368. The molecule has 0 unspecified atom stereocenters. The second kappa shape index (κ2) is 8.14. The summed E-state index contributed by atoms with van der Waals surface area (Å²) in [6, 6.07) is 0. The maximum Gasteiger partial charge on any atom is 0.460 e. The molecular weight excluding hydrogens is 548 g/mol. The van der Waals surface area contributed by atoms with Crippen LogP contribution in [-0.2, 0) is 13.1 Å². The summed E-state index contributed by atoms with van der Waals surface area (Å²) >= 11 is 0. The highest BCUT2D eigenvalue weighted by atomic mass is 36.0. The van der Waals surface area contributed by atoms with Gasteiger partial charge in [0.1, 0.15) is 0 Å². The molecule has 0 aliphatic rings. The number of carboxylic acid groups (broad SMARTS) is 1. The minimum Gasteiger partial charge on any atom is -0.477 e. The van der Waals surface area contributed by atoms with E-state index >= 15 is 0 Å². The monoisotopic (exact) mass is 548 g/mol. The van der Waals surface area contributed by atoms with Crippen molar-refractivity contribution in [2.75, 3.05) is 0 Å². The number of hydrogen-bond acceptors (Lipinski definition) is 3. The van der Waals surface area contributed by atoms with Crippen LogP contribution in [0.3, 0.4) is 0 Å². The maximum absolute atomic E-state index is 12.8. The predicted octanol–water partition coefficient (Wildman–Crippen LogP) is 5.15. The topological polar surface area (TPSA) is 71.4 Å². The van der Waals surface area contributed by atoms with Gasteiger partial charge in [0, 0.05) is 21.4 Å². The third kappa shape index (κ3) is 5.22. The molecule has 0 radical (unpaired) electrons. The van der Waals surface area contributed by atoms with Gasteiger partial charge in [0.15, 0.2) is 0 Å². The lowest BCUT2D eigenvalue weighted by atomic mass is 9.91. The summed E-state index contributed by atoms with van der Waals surface area (Å²) in [4.78, 5) is 9.72. The molecule has 0 aromatic heterocycles. The molecule has 1 N–H and O–H groups in total. The Hall–Kier alpha value is -1.05. The lowest BCUT2D eigenvalue weighted by Crippen LogP contribution is -2.73. The molecule has 0 aliphatic heterocycles. The molecule has 182 valence electrons. The highest BCUT2D eigenvalue weighted by molar-refractivity contribution is 8.31. The number of rotatable bonds is 6. The van der Waals surface area contributed by atoms with Gasteiger partial charge in [0.25, 0.3) is 0 Å². The number of halogens is 17. The molecule has 0 heterocycles. The molecule has 0 amide bonds. The highest BCUT2D eigenvalue weighted by Gasteiger charge is 2.94. The Kier molecular flexibility index (Phi) is 8.45. The van der Waals surface area contributed by atoms with Crippen molar-refractivity contribution >= 4 is 35.6 Å². The van der Waals surface area contributed by atoms with Gasteiger partial charge in [-0.2, -0.15) is 74.3 Å². The van der Waals surface area contributed by atoms with Crippen molar-refractivity contribution in [3.8, 4) is 0 Å². The van der Waals surface area contributed by atoms with Crippen LogP contribution in [0.5, 0.6) is 0 Å². The summed E-state index contributed by atoms with van der Waals surface area (Å²) in [5.74, 6) is -52.8. The van der Waals surface area contributed by atoms with Crippen LogP contribution in [0.25, 0.3) is 0 Å². The van der Waals surface area contributed by atoms with Crippen molar-refractivity contribution < 1.29 is 84.2 Å². The Balaban J connectivity index is 0. The smallest absolute Gasteiger partial charge is 0.460 e. The second-order valence-corrected chi connectivity index (χ2v) is 8.30. The van der Waals surface area contributed by atoms with Crippen LogP contribution in [0.1, 0.15) is 0 Å². The first-order chi connectivity index (χ1) is 12.4. The van der Waals surface area contributed by atoms with Crippen LogP contribution in [0.15, 0.2) is 0 Å². The average molecular weight is 549 g/mol. The number of carboxylic acids is 1. The predicted molar refractivity (Wildman–Crippen MR) is 64.0 cm³/mol. The summed E-state index contributed by atoms with van der Waals surface area (Å²) in [5, 5.41) is 7.57. The van der Waals surface area contributed by atoms with E-state index in [2.05, 4.69) is 21.4 Å². The van der Waals surface area contributed by atoms with E-state index in [4.69, 9.17) is 13.5 Å². The molecule has 0 rings (SSSR count). The van der Waals surface area contributed by atoms with Crippen LogP contribution in [0.4, 0.5) is 65.9 Å². The molecule has 0 spiro atoms. The molecule has 0 saturated heterocycles. The standard InChI is InChI=1S/C8HF15O2.Cl2O2S/c9-2(10,1(24)25)3(11,12)4(13,14)5(15,16)6(17,18)7(19,20)8(21,22)23;1-5(2,3)4/h(H,24,25);. The Morgan fingerprint density at radius 2 is 0.767 bits per heavy atom. The fourth-order valence-electron chi connectivity index (χ4n) is 1.10. The molecule has 0 aromatic carbocycles. The van der Waals surface area contributed by atoms with Crippen LogP contribution in [0.2, 0.25) is 0 Å². The van der Waals surface area contributed by atoms with E-state index in [9.17, 15) is 70.7 Å². The SMILES string of the molecule is O=C(O)C(F)(F)C(F)(F)C(F)(F)C(F)(F)C(F)(F)C(F)(F)C(F)(F)F.O=S(=O)(Cl)Cl. The average Bonchev–Trinajstić information content (AvgIpc) is 2.42. The molecule has 0 saturated carbocycles. The minimum atomic E-state index is -8.47. The minimum absolute atomic E-state index is 3.72. The third-order valence-corrected chi connectivity index (χ3v) is 2.60. The molecule has 0 bridgehead atoms. The van der Waals surface area contributed by atoms with Gasteiger partial charge in [-0.1, -0.05) is 0 Å². The van der Waals surface area contributed by atoms with Crippen molar-refractivity contribution in [1.82, 2.24) is 0 Å². The summed E-state index contributed by atoms with van der Waals surface area (Å²) < 4.78 is 205. The van der Waals surface area contributed by atoms with Crippen molar-refractivity contribution in [2.45, 2.75) is 41.7 Å². The largest absolute Gasteiger partial charge is 0.477 e. The molecule has 30 heavy (non-hydrogen) atoms. The van der Waals surface area contributed by atoms with E-state index in [0.29, 0.717) is 0 Å². The molecule has 0 aliphatic carbocycles. The Labute approximate surface area is 162 Å². The molecule has 0 aromatic rings. The van der Waals surface area contributed by atoms with Gasteiger partial charge in [-0.15, -0.1) is 0 Å². The first-order valence-electron chi connectivity index (χ1n) is 5.65. The fraction of sp³-hybridized carbons (Fsp3) is 0.875. The van der Waals surface area contributed by atoms with E-state index in [-0.39, 0.29) is 0 Å². The lowest BCUT2D eigenvalue weighted by Gasteiger charge is -2.40.